The Morgan fingerprint density at radius 1 is 1.47 bits per heavy atom. The molecule has 1 atom stereocenters. The third kappa shape index (κ3) is 2.20. The molecule has 1 amide bonds. The van der Waals surface area contributed by atoms with Crippen LogP contribution in [0, 0.1) is 5.92 Å². The Hall–Kier alpha value is -2.11. The predicted molar refractivity (Wildman–Crippen MR) is 64.4 cm³/mol. The Bertz CT molecular complexity index is 533. The number of rotatable bonds is 4. The zero-order valence-corrected chi connectivity index (χ0v) is 9.79. The molecule has 0 aromatic carbocycles. The molecule has 0 aliphatic carbocycles. The second kappa shape index (κ2) is 4.40. The highest BCUT2D eigenvalue weighted by molar-refractivity contribution is 5.84. The maximum absolute atomic E-state index is 11.3. The van der Waals surface area contributed by atoms with Gasteiger partial charge in [-0.3, -0.25) is 4.79 Å². The van der Waals surface area contributed by atoms with Gasteiger partial charge in [0, 0.05) is 12.4 Å². The molecule has 0 radical (unpaired) electrons. The third-order valence-corrected chi connectivity index (χ3v) is 2.59. The van der Waals surface area contributed by atoms with Gasteiger partial charge in [-0.15, -0.1) is 0 Å². The van der Waals surface area contributed by atoms with Crippen LogP contribution in [0.3, 0.4) is 0 Å². The number of hydrogen-bond acceptors (Lipinski definition) is 4. The van der Waals surface area contributed by atoms with Gasteiger partial charge in [0.05, 0.1) is 6.20 Å². The predicted octanol–water partition coefficient (Wildman–Crippen LogP) is 0.651. The molecule has 2 rings (SSSR count). The van der Waals surface area contributed by atoms with Gasteiger partial charge in [0.15, 0.2) is 5.82 Å². The highest BCUT2D eigenvalue weighted by Gasteiger charge is 2.20. The molecule has 2 aromatic heterocycles. The van der Waals surface area contributed by atoms with Gasteiger partial charge in [-0.25, -0.2) is 9.50 Å². The maximum Gasteiger partial charge on any atom is 0.240 e. The van der Waals surface area contributed by atoms with Crippen molar-refractivity contribution in [1.82, 2.24) is 14.6 Å². The molecular formula is C11H15N5O. The molecule has 0 bridgehead atoms. The van der Waals surface area contributed by atoms with E-state index in [0.29, 0.717) is 5.82 Å². The van der Waals surface area contributed by atoms with E-state index in [1.54, 1.807) is 23.1 Å². The minimum atomic E-state index is -0.441. The van der Waals surface area contributed by atoms with E-state index in [1.165, 1.54) is 0 Å². The molecule has 90 valence electrons. The summed E-state index contributed by atoms with van der Waals surface area (Å²) in [5.41, 5.74) is 6.17. The summed E-state index contributed by atoms with van der Waals surface area (Å²) in [6.07, 6.45) is 5.05. The number of hydrogen-bond donors (Lipinski definition) is 2. The van der Waals surface area contributed by atoms with E-state index < -0.39 is 6.04 Å². The zero-order chi connectivity index (χ0) is 12.4. The van der Waals surface area contributed by atoms with Crippen LogP contribution in [0.5, 0.6) is 0 Å². The number of carbonyl (C=O) groups is 1. The van der Waals surface area contributed by atoms with Crippen LogP contribution in [0.25, 0.3) is 5.52 Å². The van der Waals surface area contributed by atoms with E-state index in [-0.39, 0.29) is 11.8 Å². The number of nitrogens with zero attached hydrogens (tertiary/aromatic N) is 3. The Labute approximate surface area is 98.8 Å². The molecule has 0 fully saturated rings. The Balaban J connectivity index is 2.34. The molecule has 1 unspecified atom stereocenters. The van der Waals surface area contributed by atoms with E-state index in [9.17, 15) is 4.79 Å². The van der Waals surface area contributed by atoms with Crippen LogP contribution in [0.2, 0.25) is 0 Å². The lowest BCUT2D eigenvalue weighted by atomic mass is 10.0. The molecule has 3 N–H and O–H groups in total. The Morgan fingerprint density at radius 2 is 2.24 bits per heavy atom. The number of anilines is 1. The monoisotopic (exact) mass is 233 g/mol. The van der Waals surface area contributed by atoms with Gasteiger partial charge >= 0.3 is 0 Å². The first-order chi connectivity index (χ1) is 8.09. The molecular weight excluding hydrogens is 218 g/mol. The Morgan fingerprint density at radius 3 is 2.88 bits per heavy atom. The zero-order valence-electron chi connectivity index (χ0n) is 9.79. The minimum absolute atomic E-state index is 0.0949. The number of nitrogens with one attached hydrogen (secondary N) is 1. The van der Waals surface area contributed by atoms with Crippen LogP contribution in [-0.4, -0.2) is 26.5 Å². The van der Waals surface area contributed by atoms with Crippen LogP contribution < -0.4 is 11.1 Å². The van der Waals surface area contributed by atoms with Gasteiger partial charge in [0.2, 0.25) is 5.91 Å². The molecule has 2 aromatic rings. The van der Waals surface area contributed by atoms with E-state index >= 15 is 0 Å². The summed E-state index contributed by atoms with van der Waals surface area (Å²) in [5, 5.41) is 7.16. The summed E-state index contributed by atoms with van der Waals surface area (Å²) < 4.78 is 1.69. The van der Waals surface area contributed by atoms with E-state index in [0.717, 1.165) is 5.52 Å². The summed E-state index contributed by atoms with van der Waals surface area (Å²) in [7, 11) is 0. The highest BCUT2D eigenvalue weighted by Crippen LogP contribution is 2.15. The number of amides is 1. The molecule has 0 spiro atoms. The summed E-state index contributed by atoms with van der Waals surface area (Å²) in [5.74, 6) is 0.322. The van der Waals surface area contributed by atoms with Gasteiger partial charge in [-0.05, 0) is 12.0 Å². The SMILES string of the molecule is CC(C)C(Nc1nccn2nccc12)C(N)=O. The van der Waals surface area contributed by atoms with E-state index in [1.807, 2.05) is 19.9 Å². The minimum Gasteiger partial charge on any atom is -0.368 e. The van der Waals surface area contributed by atoms with E-state index in [4.69, 9.17) is 5.73 Å². The first-order valence-corrected chi connectivity index (χ1v) is 5.44. The Kier molecular flexibility index (Phi) is 2.95. The highest BCUT2D eigenvalue weighted by atomic mass is 16.1. The smallest absolute Gasteiger partial charge is 0.240 e. The maximum atomic E-state index is 11.3. The molecule has 0 aliphatic heterocycles. The molecule has 0 saturated carbocycles. The average molecular weight is 233 g/mol. The van der Waals surface area contributed by atoms with Gasteiger partial charge in [0.1, 0.15) is 11.6 Å². The molecule has 6 nitrogen and oxygen atoms in total. The van der Waals surface area contributed by atoms with Crippen LogP contribution in [-0.2, 0) is 4.79 Å². The topological polar surface area (TPSA) is 85.3 Å². The fourth-order valence-electron chi connectivity index (χ4n) is 1.68. The van der Waals surface area contributed by atoms with Gasteiger partial charge < -0.3 is 11.1 Å². The quantitative estimate of drug-likeness (QED) is 0.812. The summed E-state index contributed by atoms with van der Waals surface area (Å²) in [4.78, 5) is 15.5. The number of fused-ring (bicyclic) bond motifs is 1. The van der Waals surface area contributed by atoms with Crippen LogP contribution in [0.1, 0.15) is 13.8 Å². The van der Waals surface area contributed by atoms with Gasteiger partial charge in [-0.1, -0.05) is 13.8 Å². The van der Waals surface area contributed by atoms with Crippen molar-refractivity contribution in [2.24, 2.45) is 11.7 Å². The molecule has 6 heteroatoms. The van der Waals surface area contributed by atoms with Gasteiger partial charge in [-0.2, -0.15) is 5.10 Å². The summed E-state index contributed by atoms with van der Waals surface area (Å²) in [6, 6.07) is 1.39. The number of nitrogens with two attached hydrogens (primary N) is 1. The van der Waals surface area contributed by atoms with E-state index in [2.05, 4.69) is 15.4 Å². The van der Waals surface area contributed by atoms with Crippen molar-refractivity contribution >= 4 is 17.2 Å². The van der Waals surface area contributed by atoms with Gasteiger partial charge in [0.25, 0.3) is 0 Å². The van der Waals surface area contributed by atoms with Crippen molar-refractivity contribution in [3.8, 4) is 0 Å². The number of carbonyl (C=O) groups excluding carboxylic acids is 1. The lowest BCUT2D eigenvalue weighted by Crippen LogP contribution is -2.39. The summed E-state index contributed by atoms with van der Waals surface area (Å²) >= 11 is 0. The van der Waals surface area contributed by atoms with Crippen molar-refractivity contribution < 1.29 is 4.79 Å². The fourth-order valence-corrected chi connectivity index (χ4v) is 1.68. The lowest BCUT2D eigenvalue weighted by molar-refractivity contribution is -0.119. The second-order valence-corrected chi connectivity index (χ2v) is 4.21. The van der Waals surface area contributed by atoms with Crippen molar-refractivity contribution in [3.05, 3.63) is 24.7 Å². The van der Waals surface area contributed by atoms with Crippen molar-refractivity contribution in [1.29, 1.82) is 0 Å². The van der Waals surface area contributed by atoms with Crippen molar-refractivity contribution in [2.45, 2.75) is 19.9 Å². The van der Waals surface area contributed by atoms with Crippen LogP contribution in [0.15, 0.2) is 24.7 Å². The first kappa shape index (κ1) is 11.4. The second-order valence-electron chi connectivity index (χ2n) is 4.21. The number of primary amides is 1. The molecule has 2 heterocycles. The lowest BCUT2D eigenvalue weighted by Gasteiger charge is -2.19. The molecule has 17 heavy (non-hydrogen) atoms. The van der Waals surface area contributed by atoms with Crippen LogP contribution >= 0.6 is 0 Å². The average Bonchev–Trinajstić information content (AvgIpc) is 2.73. The van der Waals surface area contributed by atoms with Crippen LogP contribution in [0.4, 0.5) is 5.82 Å². The van der Waals surface area contributed by atoms with Crippen molar-refractivity contribution in [2.75, 3.05) is 5.32 Å². The molecule has 0 saturated heterocycles. The summed E-state index contributed by atoms with van der Waals surface area (Å²) in [6.45, 7) is 3.86. The normalized spacial score (nSPS) is 12.9. The van der Waals surface area contributed by atoms with Crippen molar-refractivity contribution in [3.63, 3.8) is 0 Å². The largest absolute Gasteiger partial charge is 0.368 e. The third-order valence-electron chi connectivity index (χ3n) is 2.59. The number of aromatic nitrogens is 3. The fraction of sp³-hybridized carbons (Fsp3) is 0.364. The molecule has 0 aliphatic rings. The first-order valence-electron chi connectivity index (χ1n) is 5.44. The standard InChI is InChI=1S/C11H15N5O/c1-7(2)9(10(12)17)15-11-8-3-4-14-16(8)6-5-13-11/h3-7,9H,1-2H3,(H2,12,17)(H,13,15).